The molecule has 1 aromatic heterocycles. The Hall–Kier alpha value is -2.99. The first-order valence-corrected chi connectivity index (χ1v) is 8.67. The average Bonchev–Trinajstić information content (AvgIpc) is 3.11. The molecule has 0 saturated heterocycles. The van der Waals surface area contributed by atoms with Crippen molar-refractivity contribution in [3.05, 3.63) is 77.3 Å². The molecule has 1 N–H and O–H groups in total. The van der Waals surface area contributed by atoms with Crippen molar-refractivity contribution in [3.8, 4) is 11.3 Å². The molecule has 140 valence electrons. The van der Waals surface area contributed by atoms with Crippen LogP contribution in [0.1, 0.15) is 22.9 Å². The van der Waals surface area contributed by atoms with E-state index in [1.165, 1.54) is 6.07 Å². The van der Waals surface area contributed by atoms with Gasteiger partial charge in [-0.15, -0.1) is 0 Å². The van der Waals surface area contributed by atoms with Crippen LogP contribution < -0.4 is 5.32 Å². The molecule has 0 unspecified atom stereocenters. The van der Waals surface area contributed by atoms with E-state index in [1.807, 2.05) is 50.2 Å². The maximum absolute atomic E-state index is 13.9. The van der Waals surface area contributed by atoms with Crippen molar-refractivity contribution in [1.82, 2.24) is 15.4 Å². The summed E-state index contributed by atoms with van der Waals surface area (Å²) in [4.78, 5) is 14.6. The first kappa shape index (κ1) is 18.8. The zero-order valence-corrected chi connectivity index (χ0v) is 15.6. The number of carbonyl (C=O) groups excluding carboxylic acids is 1. The van der Waals surface area contributed by atoms with Gasteiger partial charge in [0.25, 0.3) is 0 Å². The molecular weight excluding hydrogens is 345 g/mol. The van der Waals surface area contributed by atoms with Crippen molar-refractivity contribution in [2.45, 2.75) is 19.5 Å². The Morgan fingerprint density at radius 3 is 2.59 bits per heavy atom. The lowest BCUT2D eigenvalue weighted by Gasteiger charge is -2.25. The van der Waals surface area contributed by atoms with Crippen molar-refractivity contribution in [3.63, 3.8) is 0 Å². The van der Waals surface area contributed by atoms with Crippen LogP contribution in [0.5, 0.6) is 0 Å². The van der Waals surface area contributed by atoms with Crippen LogP contribution in [0.3, 0.4) is 0 Å². The van der Waals surface area contributed by atoms with Gasteiger partial charge in [-0.1, -0.05) is 41.6 Å². The molecule has 0 aliphatic rings. The van der Waals surface area contributed by atoms with E-state index in [9.17, 15) is 9.18 Å². The molecule has 5 nitrogen and oxygen atoms in total. The van der Waals surface area contributed by atoms with Gasteiger partial charge in [0.05, 0.1) is 6.54 Å². The van der Waals surface area contributed by atoms with Gasteiger partial charge in [-0.2, -0.15) is 0 Å². The van der Waals surface area contributed by atoms with Crippen LogP contribution in [0, 0.1) is 12.7 Å². The van der Waals surface area contributed by atoms with Gasteiger partial charge in [0.1, 0.15) is 17.6 Å². The van der Waals surface area contributed by atoms with Crippen LogP contribution in [0.4, 0.5) is 4.39 Å². The summed E-state index contributed by atoms with van der Waals surface area (Å²) in [6.45, 7) is 2.16. The summed E-state index contributed by atoms with van der Waals surface area (Å²) in [5, 5.41) is 6.78. The predicted octanol–water partition coefficient (Wildman–Crippen LogP) is 3.71. The monoisotopic (exact) mass is 367 g/mol. The van der Waals surface area contributed by atoms with Crippen molar-refractivity contribution in [2.75, 3.05) is 14.1 Å². The predicted molar refractivity (Wildman–Crippen MR) is 101 cm³/mol. The minimum atomic E-state index is -0.417. The Kier molecular flexibility index (Phi) is 5.66. The normalized spacial score (nSPS) is 12.2. The summed E-state index contributed by atoms with van der Waals surface area (Å²) in [7, 11) is 3.73. The summed E-state index contributed by atoms with van der Waals surface area (Å²) in [6.07, 6.45) is 0. The molecular formula is C21H22FN3O2. The number of hydrogen-bond donors (Lipinski definition) is 1. The molecule has 6 heteroatoms. The topological polar surface area (TPSA) is 58.4 Å². The minimum absolute atomic E-state index is 0.141. The third-order valence-corrected chi connectivity index (χ3v) is 4.39. The lowest BCUT2D eigenvalue weighted by molar-refractivity contribution is -0.126. The Bertz CT molecular complexity index is 936. The smallest absolute Gasteiger partial charge is 0.242 e. The van der Waals surface area contributed by atoms with E-state index in [-0.39, 0.29) is 18.3 Å². The van der Waals surface area contributed by atoms with Gasteiger partial charge in [-0.05, 0) is 44.3 Å². The molecule has 0 aliphatic heterocycles. The van der Waals surface area contributed by atoms with E-state index in [1.54, 1.807) is 24.3 Å². The third kappa shape index (κ3) is 4.23. The molecule has 3 aromatic rings. The maximum atomic E-state index is 13.9. The number of nitrogens with one attached hydrogen (secondary N) is 1. The number of benzene rings is 2. The van der Waals surface area contributed by atoms with E-state index in [0.717, 1.165) is 11.1 Å². The molecule has 1 heterocycles. The second-order valence-electron chi connectivity index (χ2n) is 6.60. The fourth-order valence-corrected chi connectivity index (χ4v) is 3.01. The number of rotatable bonds is 6. The van der Waals surface area contributed by atoms with Gasteiger partial charge in [0, 0.05) is 11.6 Å². The number of nitrogens with zero attached hydrogens (tertiary/aromatic N) is 2. The molecule has 0 fully saturated rings. The first-order valence-electron chi connectivity index (χ1n) is 8.67. The molecule has 0 radical (unpaired) electrons. The van der Waals surface area contributed by atoms with Crippen molar-refractivity contribution >= 4 is 5.91 Å². The largest absolute Gasteiger partial charge is 0.359 e. The third-order valence-electron chi connectivity index (χ3n) is 4.39. The van der Waals surface area contributed by atoms with E-state index in [0.29, 0.717) is 17.0 Å². The fraction of sp³-hybridized carbons (Fsp3) is 0.238. The van der Waals surface area contributed by atoms with Gasteiger partial charge in [0.15, 0.2) is 5.76 Å². The van der Waals surface area contributed by atoms with E-state index < -0.39 is 6.04 Å². The Morgan fingerprint density at radius 2 is 1.89 bits per heavy atom. The van der Waals surface area contributed by atoms with Crippen molar-refractivity contribution in [1.29, 1.82) is 0 Å². The first-order chi connectivity index (χ1) is 13.0. The van der Waals surface area contributed by atoms with Gasteiger partial charge in [0.2, 0.25) is 5.91 Å². The summed E-state index contributed by atoms with van der Waals surface area (Å²) in [6, 6.07) is 15.4. The van der Waals surface area contributed by atoms with Crippen LogP contribution in [0.2, 0.25) is 0 Å². The summed E-state index contributed by atoms with van der Waals surface area (Å²) < 4.78 is 19.1. The van der Waals surface area contributed by atoms with Crippen LogP contribution >= 0.6 is 0 Å². The number of amides is 1. The molecule has 2 aromatic carbocycles. The summed E-state index contributed by atoms with van der Waals surface area (Å²) in [5.74, 6) is -0.0457. The number of likely N-dealkylation sites (N-methyl/N-ethyl adjacent to an activating group) is 1. The van der Waals surface area contributed by atoms with Gasteiger partial charge in [-0.3, -0.25) is 9.69 Å². The second kappa shape index (κ2) is 8.14. The highest BCUT2D eigenvalue weighted by molar-refractivity contribution is 5.83. The van der Waals surface area contributed by atoms with Crippen LogP contribution in [-0.4, -0.2) is 30.1 Å². The fourth-order valence-electron chi connectivity index (χ4n) is 3.01. The summed E-state index contributed by atoms with van der Waals surface area (Å²) in [5.41, 5.74) is 2.77. The zero-order valence-electron chi connectivity index (χ0n) is 15.6. The van der Waals surface area contributed by atoms with Crippen LogP contribution in [0.15, 0.2) is 59.1 Å². The van der Waals surface area contributed by atoms with Crippen molar-refractivity contribution in [2.24, 2.45) is 0 Å². The molecule has 3 rings (SSSR count). The number of halogens is 1. The maximum Gasteiger partial charge on any atom is 0.242 e. The molecule has 0 aliphatic carbocycles. The lowest BCUT2D eigenvalue weighted by Crippen LogP contribution is -2.37. The van der Waals surface area contributed by atoms with Gasteiger partial charge >= 0.3 is 0 Å². The zero-order chi connectivity index (χ0) is 19.4. The Morgan fingerprint density at radius 1 is 1.19 bits per heavy atom. The van der Waals surface area contributed by atoms with E-state index in [4.69, 9.17) is 4.52 Å². The molecule has 0 spiro atoms. The number of carbonyl (C=O) groups is 1. The quantitative estimate of drug-likeness (QED) is 0.722. The van der Waals surface area contributed by atoms with Gasteiger partial charge in [-0.25, -0.2) is 4.39 Å². The Labute approximate surface area is 157 Å². The number of aryl methyl sites for hydroxylation is 1. The standard InChI is InChI=1S/C21H22FN3O2/c1-14-8-4-5-9-16(14)20(25(2)3)21(26)23-13-15-12-19(24-27-15)17-10-6-7-11-18(17)22/h4-12,20H,13H2,1-3H3,(H,23,26)/t20-/m0/s1. The average molecular weight is 367 g/mol. The van der Waals surface area contributed by atoms with E-state index in [2.05, 4.69) is 10.5 Å². The van der Waals surface area contributed by atoms with Crippen LogP contribution in [0.25, 0.3) is 11.3 Å². The minimum Gasteiger partial charge on any atom is -0.359 e. The van der Waals surface area contributed by atoms with Crippen LogP contribution in [-0.2, 0) is 11.3 Å². The lowest BCUT2D eigenvalue weighted by atomic mass is 10.00. The number of hydrogen-bond acceptors (Lipinski definition) is 4. The SMILES string of the molecule is Cc1ccccc1[C@@H](C(=O)NCc1cc(-c2ccccc2F)no1)N(C)C. The number of aromatic nitrogens is 1. The second-order valence-corrected chi connectivity index (χ2v) is 6.60. The molecule has 1 amide bonds. The highest BCUT2D eigenvalue weighted by Gasteiger charge is 2.24. The molecule has 0 saturated carbocycles. The Balaban J connectivity index is 1.72. The highest BCUT2D eigenvalue weighted by Crippen LogP contribution is 2.24. The highest BCUT2D eigenvalue weighted by atomic mass is 19.1. The molecule has 1 atom stereocenters. The molecule has 0 bridgehead atoms. The molecule has 27 heavy (non-hydrogen) atoms. The van der Waals surface area contributed by atoms with Gasteiger partial charge < -0.3 is 9.84 Å². The van der Waals surface area contributed by atoms with Crippen molar-refractivity contribution < 1.29 is 13.7 Å². The summed E-state index contributed by atoms with van der Waals surface area (Å²) >= 11 is 0. The van der Waals surface area contributed by atoms with E-state index >= 15 is 0 Å².